The number of benzene rings is 2. The van der Waals surface area contributed by atoms with Crippen molar-refractivity contribution in [2.45, 2.75) is 13.2 Å². The Morgan fingerprint density at radius 2 is 1.76 bits per heavy atom. The van der Waals surface area contributed by atoms with E-state index in [4.69, 9.17) is 4.74 Å². The van der Waals surface area contributed by atoms with Crippen molar-refractivity contribution in [3.63, 3.8) is 0 Å². The first kappa shape index (κ1) is 13.6. The van der Waals surface area contributed by atoms with Crippen molar-refractivity contribution in [2.24, 2.45) is 0 Å². The highest BCUT2D eigenvalue weighted by Gasteiger charge is 2.03. The smallest absolute Gasteiger partial charge is 0.130 e. The summed E-state index contributed by atoms with van der Waals surface area (Å²) in [5.74, 6) is 0.904. The lowest BCUT2D eigenvalue weighted by Gasteiger charge is -2.11. The molecule has 0 bridgehead atoms. The first-order chi connectivity index (χ1) is 10.4. The van der Waals surface area contributed by atoms with Gasteiger partial charge in [0.1, 0.15) is 12.4 Å². The van der Waals surface area contributed by atoms with E-state index in [0.29, 0.717) is 6.61 Å². The van der Waals surface area contributed by atoms with Crippen LogP contribution in [-0.2, 0) is 13.2 Å². The Morgan fingerprint density at radius 3 is 2.67 bits per heavy atom. The van der Waals surface area contributed by atoms with E-state index < -0.39 is 0 Å². The monoisotopic (exact) mass is 278 g/mol. The number of hydrogen-bond acceptors (Lipinski definition) is 3. The van der Waals surface area contributed by atoms with Crippen LogP contribution in [0.3, 0.4) is 0 Å². The molecule has 1 N–H and O–H groups in total. The molecule has 0 amide bonds. The minimum absolute atomic E-state index is 0.478. The van der Waals surface area contributed by atoms with Crippen LogP contribution < -0.4 is 10.1 Å². The van der Waals surface area contributed by atoms with Crippen molar-refractivity contribution in [1.29, 1.82) is 0 Å². The lowest BCUT2D eigenvalue weighted by Crippen LogP contribution is -2.07. The van der Waals surface area contributed by atoms with E-state index in [0.717, 1.165) is 34.5 Å². The molecule has 3 heteroatoms. The van der Waals surface area contributed by atoms with E-state index in [1.54, 1.807) is 0 Å². The average Bonchev–Trinajstić information content (AvgIpc) is 2.54. The standard InChI is InChI=1S/C18H18N2O/c1-19-12-15-7-3-5-9-18(15)21-13-16-11-10-14-6-2-4-8-17(14)20-16/h2-11,19H,12-13H2,1H3. The molecule has 0 atom stereocenters. The van der Waals surface area contributed by atoms with Gasteiger partial charge in [0.15, 0.2) is 0 Å². The van der Waals surface area contributed by atoms with Crippen molar-refractivity contribution < 1.29 is 4.74 Å². The van der Waals surface area contributed by atoms with Crippen LogP contribution in [0.15, 0.2) is 60.7 Å². The van der Waals surface area contributed by atoms with Crippen LogP contribution in [0.2, 0.25) is 0 Å². The first-order valence-corrected chi connectivity index (χ1v) is 7.07. The van der Waals surface area contributed by atoms with E-state index in [-0.39, 0.29) is 0 Å². The van der Waals surface area contributed by atoms with Crippen molar-refractivity contribution in [1.82, 2.24) is 10.3 Å². The quantitative estimate of drug-likeness (QED) is 0.775. The number of nitrogens with one attached hydrogen (secondary N) is 1. The topological polar surface area (TPSA) is 34.1 Å². The summed E-state index contributed by atoms with van der Waals surface area (Å²) in [5, 5.41) is 4.30. The third-order valence-corrected chi connectivity index (χ3v) is 3.37. The molecule has 0 fully saturated rings. The van der Waals surface area contributed by atoms with E-state index in [9.17, 15) is 0 Å². The molecule has 3 nitrogen and oxygen atoms in total. The van der Waals surface area contributed by atoms with Crippen LogP contribution in [-0.4, -0.2) is 12.0 Å². The van der Waals surface area contributed by atoms with Gasteiger partial charge in [-0.2, -0.15) is 0 Å². The zero-order chi connectivity index (χ0) is 14.5. The Balaban J connectivity index is 1.77. The van der Waals surface area contributed by atoms with Gasteiger partial charge in [-0.15, -0.1) is 0 Å². The van der Waals surface area contributed by atoms with Crippen molar-refractivity contribution in [3.05, 3.63) is 71.9 Å². The van der Waals surface area contributed by atoms with Gasteiger partial charge >= 0.3 is 0 Å². The molecule has 21 heavy (non-hydrogen) atoms. The number of aromatic nitrogens is 1. The highest BCUT2D eigenvalue weighted by Crippen LogP contribution is 2.19. The maximum atomic E-state index is 5.92. The number of rotatable bonds is 5. The molecule has 0 unspecified atom stereocenters. The van der Waals surface area contributed by atoms with E-state index in [1.807, 2.05) is 49.5 Å². The molecule has 0 aliphatic heterocycles. The molecule has 0 spiro atoms. The van der Waals surface area contributed by atoms with Gasteiger partial charge in [0.05, 0.1) is 11.2 Å². The number of para-hydroxylation sites is 2. The minimum Gasteiger partial charge on any atom is -0.487 e. The van der Waals surface area contributed by atoms with Crippen LogP contribution in [0.1, 0.15) is 11.3 Å². The lowest BCUT2D eigenvalue weighted by molar-refractivity contribution is 0.298. The molecule has 3 rings (SSSR count). The fourth-order valence-corrected chi connectivity index (χ4v) is 2.32. The predicted octanol–water partition coefficient (Wildman–Crippen LogP) is 3.53. The highest BCUT2D eigenvalue weighted by atomic mass is 16.5. The Hall–Kier alpha value is -2.39. The Kier molecular flexibility index (Phi) is 4.12. The normalized spacial score (nSPS) is 10.7. The Labute approximate surface area is 124 Å². The van der Waals surface area contributed by atoms with Gasteiger partial charge in [0.25, 0.3) is 0 Å². The summed E-state index contributed by atoms with van der Waals surface area (Å²) in [6.45, 7) is 1.27. The molecule has 0 saturated carbocycles. The van der Waals surface area contributed by atoms with Crippen LogP contribution in [0.4, 0.5) is 0 Å². The second-order valence-electron chi connectivity index (χ2n) is 4.92. The average molecular weight is 278 g/mol. The predicted molar refractivity (Wildman–Crippen MR) is 85.3 cm³/mol. The van der Waals surface area contributed by atoms with Crippen molar-refractivity contribution >= 4 is 10.9 Å². The summed E-state index contributed by atoms with van der Waals surface area (Å²) in [7, 11) is 1.93. The highest BCUT2D eigenvalue weighted by molar-refractivity contribution is 5.78. The van der Waals surface area contributed by atoms with Gasteiger partial charge in [-0.05, 0) is 25.2 Å². The van der Waals surface area contributed by atoms with Crippen LogP contribution in [0.25, 0.3) is 10.9 Å². The number of nitrogens with zero attached hydrogens (tertiary/aromatic N) is 1. The fourth-order valence-electron chi connectivity index (χ4n) is 2.32. The summed E-state index contributed by atoms with van der Waals surface area (Å²) in [5.41, 5.74) is 3.09. The second kappa shape index (κ2) is 6.37. The molecule has 106 valence electrons. The molecule has 0 saturated heterocycles. The van der Waals surface area contributed by atoms with E-state index in [2.05, 4.69) is 28.5 Å². The number of ether oxygens (including phenoxy) is 1. The Morgan fingerprint density at radius 1 is 0.952 bits per heavy atom. The van der Waals surface area contributed by atoms with Crippen LogP contribution >= 0.6 is 0 Å². The fraction of sp³-hybridized carbons (Fsp3) is 0.167. The third kappa shape index (κ3) is 3.20. The van der Waals surface area contributed by atoms with Gasteiger partial charge in [-0.3, -0.25) is 0 Å². The first-order valence-electron chi connectivity index (χ1n) is 7.07. The number of fused-ring (bicyclic) bond motifs is 1. The van der Waals surface area contributed by atoms with Gasteiger partial charge in [0.2, 0.25) is 0 Å². The van der Waals surface area contributed by atoms with Crippen molar-refractivity contribution in [3.8, 4) is 5.75 Å². The molecule has 0 radical (unpaired) electrons. The lowest BCUT2D eigenvalue weighted by atomic mass is 10.2. The Bertz CT molecular complexity index is 740. The minimum atomic E-state index is 0.478. The molecule has 3 aromatic rings. The number of hydrogen-bond donors (Lipinski definition) is 1. The van der Waals surface area contributed by atoms with E-state index >= 15 is 0 Å². The molecule has 1 aromatic heterocycles. The summed E-state index contributed by atoms with van der Waals surface area (Å²) < 4.78 is 5.92. The van der Waals surface area contributed by atoms with Crippen LogP contribution in [0.5, 0.6) is 5.75 Å². The van der Waals surface area contributed by atoms with Gasteiger partial charge < -0.3 is 10.1 Å². The largest absolute Gasteiger partial charge is 0.487 e. The van der Waals surface area contributed by atoms with Gasteiger partial charge in [0, 0.05) is 17.5 Å². The summed E-state index contributed by atoms with van der Waals surface area (Å²) in [4.78, 5) is 4.63. The van der Waals surface area contributed by atoms with E-state index in [1.165, 1.54) is 0 Å². The molecule has 1 heterocycles. The number of pyridine rings is 1. The third-order valence-electron chi connectivity index (χ3n) is 3.37. The zero-order valence-electron chi connectivity index (χ0n) is 12.0. The summed E-state index contributed by atoms with van der Waals surface area (Å²) in [6.07, 6.45) is 0. The molecule has 0 aliphatic rings. The molecule has 2 aromatic carbocycles. The second-order valence-corrected chi connectivity index (χ2v) is 4.92. The van der Waals surface area contributed by atoms with Crippen molar-refractivity contribution in [2.75, 3.05) is 7.05 Å². The summed E-state index contributed by atoms with van der Waals surface area (Å²) in [6, 6.07) is 20.3. The van der Waals surface area contributed by atoms with Gasteiger partial charge in [-0.1, -0.05) is 42.5 Å². The van der Waals surface area contributed by atoms with Gasteiger partial charge in [-0.25, -0.2) is 4.98 Å². The summed E-state index contributed by atoms with van der Waals surface area (Å²) >= 11 is 0. The molecular weight excluding hydrogens is 260 g/mol. The molecule has 0 aliphatic carbocycles. The van der Waals surface area contributed by atoms with Crippen LogP contribution in [0, 0.1) is 0 Å². The maximum absolute atomic E-state index is 5.92. The molecular formula is C18H18N2O. The zero-order valence-corrected chi connectivity index (χ0v) is 12.0. The SMILES string of the molecule is CNCc1ccccc1OCc1ccc2ccccc2n1. The maximum Gasteiger partial charge on any atom is 0.130 e.